The van der Waals surface area contributed by atoms with Crippen molar-refractivity contribution in [3.63, 3.8) is 0 Å². The van der Waals surface area contributed by atoms with Gasteiger partial charge in [0.15, 0.2) is 0 Å². The van der Waals surface area contributed by atoms with E-state index in [0.29, 0.717) is 34.0 Å². The number of ether oxygens (including phenoxy) is 1. The number of carbonyl (C=O) groups excluding carboxylic acids is 2. The van der Waals surface area contributed by atoms with E-state index in [1.807, 2.05) is 36.4 Å². The van der Waals surface area contributed by atoms with Crippen LogP contribution in [0.25, 0.3) is 10.8 Å². The molecule has 0 atom stereocenters. The molecule has 0 saturated heterocycles. The largest absolute Gasteiger partial charge is 0.457 e. The number of anilines is 2. The van der Waals surface area contributed by atoms with Gasteiger partial charge in [0, 0.05) is 5.69 Å². The van der Waals surface area contributed by atoms with Crippen LogP contribution in [-0.2, 0) is 0 Å². The van der Waals surface area contributed by atoms with Crippen molar-refractivity contribution in [1.82, 2.24) is 0 Å². The van der Waals surface area contributed by atoms with Crippen molar-refractivity contribution in [1.29, 1.82) is 0 Å². The maximum absolute atomic E-state index is 13.0. The summed E-state index contributed by atoms with van der Waals surface area (Å²) in [5.74, 6) is 0.389. The van der Waals surface area contributed by atoms with Gasteiger partial charge in [-0.1, -0.05) is 30.3 Å². The highest BCUT2D eigenvalue weighted by Gasteiger charge is 2.37. The summed E-state index contributed by atoms with van der Waals surface area (Å²) < 4.78 is 5.80. The average Bonchev–Trinajstić information content (AvgIpc) is 2.99. The molecule has 4 aromatic carbocycles. The maximum Gasteiger partial charge on any atom is 0.266 e. The monoisotopic (exact) mass is 380 g/mol. The van der Waals surface area contributed by atoms with Gasteiger partial charge in [0.05, 0.1) is 16.8 Å². The number of rotatable bonds is 3. The molecule has 0 aromatic heterocycles. The van der Waals surface area contributed by atoms with Crippen LogP contribution in [-0.4, -0.2) is 11.8 Å². The second-order valence-electron chi connectivity index (χ2n) is 6.86. The number of nitrogens with zero attached hydrogens (tertiary/aromatic N) is 1. The number of amides is 2. The molecule has 140 valence electrons. The summed E-state index contributed by atoms with van der Waals surface area (Å²) >= 11 is 0. The number of imide groups is 1. The van der Waals surface area contributed by atoms with E-state index in [4.69, 9.17) is 10.5 Å². The van der Waals surface area contributed by atoms with Crippen molar-refractivity contribution in [2.75, 3.05) is 10.6 Å². The van der Waals surface area contributed by atoms with Crippen molar-refractivity contribution in [3.05, 3.63) is 96.1 Å². The van der Waals surface area contributed by atoms with Gasteiger partial charge in [0.2, 0.25) is 0 Å². The normalized spacial score (nSPS) is 13.0. The van der Waals surface area contributed by atoms with Crippen LogP contribution in [0.4, 0.5) is 11.4 Å². The Morgan fingerprint density at radius 1 is 0.655 bits per heavy atom. The maximum atomic E-state index is 13.0. The molecule has 5 rings (SSSR count). The molecule has 1 aliphatic heterocycles. The van der Waals surface area contributed by atoms with Gasteiger partial charge in [0.25, 0.3) is 11.8 Å². The molecule has 0 radical (unpaired) electrons. The summed E-state index contributed by atoms with van der Waals surface area (Å²) in [5.41, 5.74) is 7.58. The summed E-state index contributed by atoms with van der Waals surface area (Å²) in [4.78, 5) is 27.1. The van der Waals surface area contributed by atoms with Gasteiger partial charge in [-0.05, 0) is 65.4 Å². The van der Waals surface area contributed by atoms with E-state index in [-0.39, 0.29) is 11.8 Å². The summed E-state index contributed by atoms with van der Waals surface area (Å²) in [6.45, 7) is 0. The molecule has 2 N–H and O–H groups in total. The lowest BCUT2D eigenvalue weighted by Crippen LogP contribution is -2.29. The zero-order valence-corrected chi connectivity index (χ0v) is 15.3. The zero-order valence-electron chi connectivity index (χ0n) is 15.3. The molecule has 0 fully saturated rings. The van der Waals surface area contributed by atoms with Crippen molar-refractivity contribution < 1.29 is 14.3 Å². The molecule has 2 amide bonds. The zero-order chi connectivity index (χ0) is 20.0. The van der Waals surface area contributed by atoms with Crippen molar-refractivity contribution >= 4 is 34.0 Å². The number of benzene rings is 4. The van der Waals surface area contributed by atoms with E-state index < -0.39 is 0 Å². The van der Waals surface area contributed by atoms with Crippen molar-refractivity contribution in [2.45, 2.75) is 0 Å². The number of nitrogens with two attached hydrogens (primary N) is 1. The van der Waals surface area contributed by atoms with Gasteiger partial charge < -0.3 is 10.5 Å². The van der Waals surface area contributed by atoms with Crippen molar-refractivity contribution in [2.24, 2.45) is 0 Å². The fourth-order valence-electron chi connectivity index (χ4n) is 3.51. The van der Waals surface area contributed by atoms with Gasteiger partial charge in [0.1, 0.15) is 11.5 Å². The van der Waals surface area contributed by atoms with E-state index in [9.17, 15) is 9.59 Å². The highest BCUT2D eigenvalue weighted by molar-refractivity contribution is 6.34. The average molecular weight is 380 g/mol. The number of carbonyl (C=O) groups is 2. The third-order valence-corrected chi connectivity index (χ3v) is 4.97. The van der Waals surface area contributed by atoms with Gasteiger partial charge in [-0.2, -0.15) is 0 Å². The van der Waals surface area contributed by atoms with Gasteiger partial charge in [-0.3, -0.25) is 9.59 Å². The standard InChI is InChI=1S/C24H16N2O3/c25-17-6-9-19(10-7-17)29-20-11-12-21-22(14-20)24(28)26(23(21)27)18-8-5-15-3-1-2-4-16(15)13-18/h1-14H,25H2. The molecule has 29 heavy (non-hydrogen) atoms. The fraction of sp³-hybridized carbons (Fsp3) is 0. The second-order valence-corrected chi connectivity index (χ2v) is 6.86. The predicted octanol–water partition coefficient (Wildman–Crippen LogP) is 5.01. The minimum absolute atomic E-state index is 0.330. The van der Waals surface area contributed by atoms with E-state index in [0.717, 1.165) is 10.8 Å². The molecule has 5 nitrogen and oxygen atoms in total. The molecule has 1 aliphatic rings. The van der Waals surface area contributed by atoms with E-state index >= 15 is 0 Å². The highest BCUT2D eigenvalue weighted by Crippen LogP contribution is 2.33. The summed E-state index contributed by atoms with van der Waals surface area (Å²) in [6, 6.07) is 25.2. The first-order valence-electron chi connectivity index (χ1n) is 9.15. The highest BCUT2D eigenvalue weighted by atomic mass is 16.5. The predicted molar refractivity (Wildman–Crippen MR) is 112 cm³/mol. The van der Waals surface area contributed by atoms with E-state index in [1.54, 1.807) is 48.5 Å². The Bertz CT molecular complexity index is 1280. The lowest BCUT2D eigenvalue weighted by Gasteiger charge is -2.14. The third kappa shape index (κ3) is 2.89. The molecule has 1 heterocycles. The van der Waals surface area contributed by atoms with Crippen LogP contribution in [0, 0.1) is 0 Å². The lowest BCUT2D eigenvalue weighted by molar-refractivity contribution is 0.0926. The molecule has 0 bridgehead atoms. The molecule has 0 spiro atoms. The lowest BCUT2D eigenvalue weighted by atomic mass is 10.1. The molecule has 4 aromatic rings. The Kier molecular flexibility index (Phi) is 3.81. The Balaban J connectivity index is 1.49. The Hall–Kier alpha value is -4.12. The first kappa shape index (κ1) is 17.0. The molecule has 0 saturated carbocycles. The van der Waals surface area contributed by atoms with Crippen LogP contribution in [0.15, 0.2) is 84.9 Å². The van der Waals surface area contributed by atoms with Crippen LogP contribution >= 0.6 is 0 Å². The molecule has 5 heteroatoms. The fourth-order valence-corrected chi connectivity index (χ4v) is 3.51. The number of hydrogen-bond donors (Lipinski definition) is 1. The van der Waals surface area contributed by atoms with Crippen LogP contribution in [0.2, 0.25) is 0 Å². The second kappa shape index (κ2) is 6.49. The van der Waals surface area contributed by atoms with Crippen molar-refractivity contribution in [3.8, 4) is 11.5 Å². The Morgan fingerprint density at radius 2 is 1.34 bits per heavy atom. The summed E-state index contributed by atoms with van der Waals surface area (Å²) in [6.07, 6.45) is 0. The smallest absolute Gasteiger partial charge is 0.266 e. The number of nitrogen functional groups attached to an aromatic ring is 1. The minimum Gasteiger partial charge on any atom is -0.457 e. The topological polar surface area (TPSA) is 72.6 Å². The SMILES string of the molecule is Nc1ccc(Oc2ccc3c(c2)C(=O)N(c2ccc4ccccc4c2)C3=O)cc1. The molecular formula is C24H16N2O3. The first-order valence-corrected chi connectivity index (χ1v) is 9.15. The number of fused-ring (bicyclic) bond motifs is 2. The Labute approximate surface area is 166 Å². The third-order valence-electron chi connectivity index (χ3n) is 4.97. The van der Waals surface area contributed by atoms with Gasteiger partial charge in [-0.25, -0.2) is 4.90 Å². The van der Waals surface area contributed by atoms with Gasteiger partial charge >= 0.3 is 0 Å². The summed E-state index contributed by atoms with van der Waals surface area (Å²) in [7, 11) is 0. The minimum atomic E-state index is -0.358. The van der Waals surface area contributed by atoms with E-state index in [2.05, 4.69) is 0 Å². The first-order chi connectivity index (χ1) is 14.1. The van der Waals surface area contributed by atoms with Crippen LogP contribution in [0.5, 0.6) is 11.5 Å². The Morgan fingerprint density at radius 3 is 2.14 bits per heavy atom. The van der Waals surface area contributed by atoms with Crippen LogP contribution < -0.4 is 15.4 Å². The summed E-state index contributed by atoms with van der Waals surface area (Å²) in [5, 5.41) is 2.01. The quantitative estimate of drug-likeness (QED) is 0.400. The molecule has 0 aliphatic carbocycles. The van der Waals surface area contributed by atoms with Crippen LogP contribution in [0.1, 0.15) is 20.7 Å². The van der Waals surface area contributed by atoms with E-state index in [1.165, 1.54) is 4.90 Å². The molecular weight excluding hydrogens is 364 g/mol. The number of hydrogen-bond acceptors (Lipinski definition) is 4. The van der Waals surface area contributed by atoms with Gasteiger partial charge in [-0.15, -0.1) is 0 Å². The van der Waals surface area contributed by atoms with Crippen LogP contribution in [0.3, 0.4) is 0 Å². The molecule has 0 unspecified atom stereocenters.